The van der Waals surface area contributed by atoms with Crippen molar-refractivity contribution in [2.75, 3.05) is 7.11 Å². The molecule has 0 spiro atoms. The number of hydrogen-bond donors (Lipinski definition) is 0. The summed E-state index contributed by atoms with van der Waals surface area (Å²) in [5.41, 5.74) is 3.09. The van der Waals surface area contributed by atoms with Gasteiger partial charge in [0.2, 0.25) is 0 Å². The summed E-state index contributed by atoms with van der Waals surface area (Å²) in [7, 11) is 1.39. The Morgan fingerprint density at radius 2 is 1.76 bits per heavy atom. The molecular weight excluding hydrogens is 236 g/mol. The molecule has 1 aliphatic carbocycles. The second-order valence-electron chi connectivity index (χ2n) is 4.22. The third-order valence-electron chi connectivity index (χ3n) is 3.35. The van der Waals surface area contributed by atoms with Crippen LogP contribution in [0, 0.1) is 0 Å². The Bertz CT molecular complexity index is 621. The van der Waals surface area contributed by atoms with E-state index in [1.165, 1.54) is 18.2 Å². The molecule has 2 aromatic carbocycles. The first kappa shape index (κ1) is 10.6. The number of rotatable bonds is 1. The van der Waals surface area contributed by atoms with Crippen molar-refractivity contribution in [3.05, 3.63) is 46.0 Å². The van der Waals surface area contributed by atoms with Crippen LogP contribution in [0.25, 0.3) is 10.8 Å². The van der Waals surface area contributed by atoms with Gasteiger partial charge >= 0.3 is 5.97 Å². The van der Waals surface area contributed by atoms with Gasteiger partial charge < -0.3 is 4.74 Å². The Hall–Kier alpha value is -1.54. The summed E-state index contributed by atoms with van der Waals surface area (Å²) in [6.45, 7) is 0. The van der Waals surface area contributed by atoms with Crippen molar-refractivity contribution in [1.82, 2.24) is 0 Å². The van der Waals surface area contributed by atoms with Crippen LogP contribution in [-0.2, 0) is 17.6 Å². The van der Waals surface area contributed by atoms with Gasteiger partial charge in [0.25, 0.3) is 0 Å². The van der Waals surface area contributed by atoms with Gasteiger partial charge in [0.05, 0.1) is 12.7 Å². The highest BCUT2D eigenvalue weighted by Gasteiger charge is 2.21. The number of aryl methyl sites for hydroxylation is 2. The number of hydrogen-bond acceptors (Lipinski definition) is 2. The van der Waals surface area contributed by atoms with Crippen molar-refractivity contribution in [2.24, 2.45) is 0 Å². The normalized spacial score (nSPS) is 13.1. The van der Waals surface area contributed by atoms with Crippen LogP contribution in [0.1, 0.15) is 21.5 Å². The largest absolute Gasteiger partial charge is 0.465 e. The molecule has 0 bridgehead atoms. The van der Waals surface area contributed by atoms with E-state index in [0.717, 1.165) is 23.6 Å². The van der Waals surface area contributed by atoms with Gasteiger partial charge in [0, 0.05) is 10.4 Å². The number of ether oxygens (including phenoxy) is 1. The highest BCUT2D eigenvalue weighted by atomic mass is 35.5. The lowest BCUT2D eigenvalue weighted by molar-refractivity contribution is 0.0603. The Kier molecular flexibility index (Phi) is 2.33. The monoisotopic (exact) mass is 246 g/mol. The SMILES string of the molecule is COC(=O)c1ccc2c3c(ccc(Cl)c13)CC2. The van der Waals surface area contributed by atoms with E-state index in [1.54, 1.807) is 0 Å². The summed E-state index contributed by atoms with van der Waals surface area (Å²) in [4.78, 5) is 11.7. The highest BCUT2D eigenvalue weighted by Crippen LogP contribution is 2.37. The van der Waals surface area contributed by atoms with Gasteiger partial charge in [-0.1, -0.05) is 23.7 Å². The van der Waals surface area contributed by atoms with Crippen molar-refractivity contribution in [1.29, 1.82) is 0 Å². The van der Waals surface area contributed by atoms with Crippen LogP contribution in [0.5, 0.6) is 0 Å². The fourth-order valence-corrected chi connectivity index (χ4v) is 2.83. The number of carbonyl (C=O) groups excluding carboxylic acids is 1. The molecule has 0 amide bonds. The van der Waals surface area contributed by atoms with E-state index >= 15 is 0 Å². The third-order valence-corrected chi connectivity index (χ3v) is 3.67. The Labute approximate surface area is 104 Å². The summed E-state index contributed by atoms with van der Waals surface area (Å²) in [5, 5.41) is 2.60. The molecule has 3 heteroatoms. The molecule has 2 aromatic rings. The van der Waals surface area contributed by atoms with Crippen molar-refractivity contribution < 1.29 is 9.53 Å². The molecule has 0 heterocycles. The molecule has 0 saturated heterocycles. The molecule has 0 aromatic heterocycles. The molecule has 0 N–H and O–H groups in total. The maximum atomic E-state index is 11.7. The minimum absolute atomic E-state index is 0.331. The lowest BCUT2D eigenvalue weighted by atomic mass is 10.00. The summed E-state index contributed by atoms with van der Waals surface area (Å²) in [5.74, 6) is -0.331. The molecule has 0 fully saturated rings. The summed E-state index contributed by atoms with van der Waals surface area (Å²) in [6, 6.07) is 7.72. The molecule has 3 rings (SSSR count). The van der Waals surface area contributed by atoms with Gasteiger partial charge in [-0.3, -0.25) is 0 Å². The van der Waals surface area contributed by atoms with E-state index in [0.29, 0.717) is 10.6 Å². The lowest BCUT2D eigenvalue weighted by Crippen LogP contribution is -2.02. The first-order chi connectivity index (χ1) is 8.22. The maximum Gasteiger partial charge on any atom is 0.338 e. The second kappa shape index (κ2) is 3.74. The van der Waals surface area contributed by atoms with E-state index in [9.17, 15) is 4.79 Å². The molecule has 0 saturated carbocycles. The number of esters is 1. The van der Waals surface area contributed by atoms with Crippen LogP contribution in [-0.4, -0.2) is 13.1 Å². The zero-order chi connectivity index (χ0) is 12.0. The molecule has 0 unspecified atom stereocenters. The number of halogens is 1. The predicted molar refractivity (Wildman–Crippen MR) is 67.7 cm³/mol. The van der Waals surface area contributed by atoms with Gasteiger partial charge in [-0.05, 0) is 41.5 Å². The fraction of sp³-hybridized carbons (Fsp3) is 0.214. The van der Waals surface area contributed by atoms with E-state index < -0.39 is 0 Å². The smallest absolute Gasteiger partial charge is 0.338 e. The molecular formula is C14H11ClO2. The molecule has 0 radical (unpaired) electrons. The minimum Gasteiger partial charge on any atom is -0.465 e. The molecule has 2 nitrogen and oxygen atoms in total. The zero-order valence-electron chi connectivity index (χ0n) is 9.42. The minimum atomic E-state index is -0.331. The first-order valence-corrected chi connectivity index (χ1v) is 5.91. The lowest BCUT2D eigenvalue weighted by Gasteiger charge is -2.09. The van der Waals surface area contributed by atoms with Gasteiger partial charge in [-0.15, -0.1) is 0 Å². The topological polar surface area (TPSA) is 26.3 Å². The molecule has 0 aliphatic heterocycles. The molecule has 17 heavy (non-hydrogen) atoms. The van der Waals surface area contributed by atoms with Crippen LogP contribution in [0.4, 0.5) is 0 Å². The average molecular weight is 247 g/mol. The van der Waals surface area contributed by atoms with Crippen LogP contribution >= 0.6 is 11.6 Å². The van der Waals surface area contributed by atoms with Crippen LogP contribution < -0.4 is 0 Å². The van der Waals surface area contributed by atoms with E-state index in [4.69, 9.17) is 16.3 Å². The summed E-state index contributed by atoms with van der Waals surface area (Å²) in [6.07, 6.45) is 2.04. The van der Waals surface area contributed by atoms with Crippen LogP contribution in [0.2, 0.25) is 5.02 Å². The van der Waals surface area contributed by atoms with Gasteiger partial charge in [0.1, 0.15) is 0 Å². The van der Waals surface area contributed by atoms with Gasteiger partial charge in [-0.25, -0.2) is 4.79 Å². The zero-order valence-corrected chi connectivity index (χ0v) is 10.2. The fourth-order valence-electron chi connectivity index (χ4n) is 2.57. The summed E-state index contributed by atoms with van der Waals surface area (Å²) < 4.78 is 4.80. The average Bonchev–Trinajstić information content (AvgIpc) is 2.77. The maximum absolute atomic E-state index is 11.7. The Morgan fingerprint density at radius 1 is 1.12 bits per heavy atom. The molecule has 86 valence electrons. The van der Waals surface area contributed by atoms with E-state index in [-0.39, 0.29) is 5.97 Å². The molecule has 0 atom stereocenters. The Morgan fingerprint density at radius 3 is 2.41 bits per heavy atom. The number of benzene rings is 2. The Balaban J connectivity index is 2.44. The standard InChI is InChI=1S/C14H11ClO2/c1-17-14(16)10-6-4-8-2-3-9-5-7-11(15)13(10)12(8)9/h4-7H,2-3H2,1H3. The molecule has 1 aliphatic rings. The number of carbonyl (C=O) groups is 1. The van der Waals surface area contributed by atoms with Gasteiger partial charge in [0.15, 0.2) is 0 Å². The van der Waals surface area contributed by atoms with Crippen molar-refractivity contribution in [2.45, 2.75) is 12.8 Å². The van der Waals surface area contributed by atoms with E-state index in [1.807, 2.05) is 24.3 Å². The van der Waals surface area contributed by atoms with Crippen LogP contribution in [0.3, 0.4) is 0 Å². The van der Waals surface area contributed by atoms with Crippen molar-refractivity contribution in [3.8, 4) is 0 Å². The van der Waals surface area contributed by atoms with E-state index in [2.05, 4.69) is 0 Å². The first-order valence-electron chi connectivity index (χ1n) is 5.53. The second-order valence-corrected chi connectivity index (χ2v) is 4.63. The number of methoxy groups -OCH3 is 1. The van der Waals surface area contributed by atoms with Crippen molar-refractivity contribution >= 4 is 28.3 Å². The predicted octanol–water partition coefficient (Wildman–Crippen LogP) is 3.38. The van der Waals surface area contributed by atoms with Crippen molar-refractivity contribution in [3.63, 3.8) is 0 Å². The third kappa shape index (κ3) is 1.44. The van der Waals surface area contributed by atoms with Crippen LogP contribution in [0.15, 0.2) is 24.3 Å². The van der Waals surface area contributed by atoms with Gasteiger partial charge in [-0.2, -0.15) is 0 Å². The highest BCUT2D eigenvalue weighted by molar-refractivity contribution is 6.37. The summed E-state index contributed by atoms with van der Waals surface area (Å²) >= 11 is 6.23. The quantitative estimate of drug-likeness (QED) is 0.721.